The SMILES string of the molecule is COc1ccccc1NC(=O)N(CC(N)=O)CC(=O)O. The lowest BCUT2D eigenvalue weighted by atomic mass is 10.3. The second-order valence-electron chi connectivity index (χ2n) is 3.85. The average Bonchev–Trinajstić information content (AvgIpc) is 2.37. The number of hydrogen-bond acceptors (Lipinski definition) is 4. The van der Waals surface area contributed by atoms with Crippen molar-refractivity contribution in [2.75, 3.05) is 25.5 Å². The molecule has 0 aromatic heterocycles. The minimum atomic E-state index is -1.25. The van der Waals surface area contributed by atoms with Gasteiger partial charge in [0.25, 0.3) is 0 Å². The summed E-state index contributed by atoms with van der Waals surface area (Å²) in [4.78, 5) is 34.3. The molecule has 1 rings (SSSR count). The molecule has 0 saturated carbocycles. The third-order valence-corrected chi connectivity index (χ3v) is 2.31. The van der Waals surface area contributed by atoms with E-state index in [0.717, 1.165) is 4.90 Å². The Labute approximate surface area is 115 Å². The number of amides is 3. The quantitative estimate of drug-likeness (QED) is 0.682. The number of hydrogen-bond donors (Lipinski definition) is 3. The predicted molar refractivity (Wildman–Crippen MR) is 70.4 cm³/mol. The van der Waals surface area contributed by atoms with Crippen LogP contribution in [0.4, 0.5) is 10.5 Å². The third kappa shape index (κ3) is 4.48. The van der Waals surface area contributed by atoms with Crippen LogP contribution in [0.5, 0.6) is 5.75 Å². The Bertz CT molecular complexity index is 502. The molecule has 0 aliphatic heterocycles. The number of carboxylic acids is 1. The lowest BCUT2D eigenvalue weighted by Gasteiger charge is -2.20. The van der Waals surface area contributed by atoms with E-state index < -0.39 is 31.0 Å². The first-order chi connectivity index (χ1) is 9.43. The largest absolute Gasteiger partial charge is 0.495 e. The van der Waals surface area contributed by atoms with Crippen molar-refractivity contribution < 1.29 is 24.2 Å². The molecule has 20 heavy (non-hydrogen) atoms. The molecule has 108 valence electrons. The van der Waals surface area contributed by atoms with E-state index in [4.69, 9.17) is 15.6 Å². The van der Waals surface area contributed by atoms with Crippen LogP contribution in [-0.2, 0) is 9.59 Å². The number of carbonyl (C=O) groups excluding carboxylic acids is 2. The van der Waals surface area contributed by atoms with E-state index in [9.17, 15) is 14.4 Å². The van der Waals surface area contributed by atoms with Gasteiger partial charge in [-0.2, -0.15) is 0 Å². The smallest absolute Gasteiger partial charge is 0.323 e. The summed E-state index contributed by atoms with van der Waals surface area (Å²) in [6, 6.07) is 5.85. The molecule has 1 aromatic carbocycles. The van der Waals surface area contributed by atoms with E-state index in [-0.39, 0.29) is 0 Å². The first kappa shape index (κ1) is 15.3. The van der Waals surface area contributed by atoms with E-state index in [1.807, 2.05) is 0 Å². The number of urea groups is 1. The molecule has 0 aliphatic rings. The van der Waals surface area contributed by atoms with Crippen LogP contribution in [-0.4, -0.2) is 48.1 Å². The fourth-order valence-electron chi connectivity index (χ4n) is 1.49. The van der Waals surface area contributed by atoms with Gasteiger partial charge in [0.2, 0.25) is 5.91 Å². The number of aliphatic carboxylic acids is 1. The number of rotatable bonds is 6. The molecule has 0 aliphatic carbocycles. The Morgan fingerprint density at radius 1 is 1.30 bits per heavy atom. The number of para-hydroxylation sites is 2. The third-order valence-electron chi connectivity index (χ3n) is 2.31. The van der Waals surface area contributed by atoms with Gasteiger partial charge in [-0.05, 0) is 12.1 Å². The Kier molecular flexibility index (Phi) is 5.33. The molecule has 4 N–H and O–H groups in total. The minimum absolute atomic E-state index is 0.361. The highest BCUT2D eigenvalue weighted by atomic mass is 16.5. The van der Waals surface area contributed by atoms with E-state index in [1.165, 1.54) is 7.11 Å². The first-order valence-electron chi connectivity index (χ1n) is 5.63. The summed E-state index contributed by atoms with van der Waals surface area (Å²) < 4.78 is 5.05. The monoisotopic (exact) mass is 281 g/mol. The van der Waals surface area contributed by atoms with Crippen molar-refractivity contribution in [3.05, 3.63) is 24.3 Å². The highest BCUT2D eigenvalue weighted by molar-refractivity contribution is 5.95. The molecular formula is C12H15N3O5. The van der Waals surface area contributed by atoms with Crippen LogP contribution in [0.3, 0.4) is 0 Å². The lowest BCUT2D eigenvalue weighted by Crippen LogP contribution is -2.43. The van der Waals surface area contributed by atoms with Crippen LogP contribution in [0.2, 0.25) is 0 Å². The van der Waals surface area contributed by atoms with Crippen molar-refractivity contribution in [2.45, 2.75) is 0 Å². The van der Waals surface area contributed by atoms with Gasteiger partial charge in [0, 0.05) is 0 Å². The summed E-state index contributed by atoms with van der Waals surface area (Å²) in [6.07, 6.45) is 0. The minimum Gasteiger partial charge on any atom is -0.495 e. The van der Waals surface area contributed by atoms with Gasteiger partial charge < -0.3 is 25.8 Å². The van der Waals surface area contributed by atoms with E-state index >= 15 is 0 Å². The number of methoxy groups -OCH3 is 1. The van der Waals surface area contributed by atoms with Crippen LogP contribution in [0.25, 0.3) is 0 Å². The lowest BCUT2D eigenvalue weighted by molar-refractivity contribution is -0.137. The number of nitrogens with zero attached hydrogens (tertiary/aromatic N) is 1. The number of primary amides is 1. The number of carboxylic acid groups (broad SMARTS) is 1. The molecular weight excluding hydrogens is 266 g/mol. The van der Waals surface area contributed by atoms with Gasteiger partial charge in [-0.25, -0.2) is 4.79 Å². The van der Waals surface area contributed by atoms with Gasteiger partial charge in [0.15, 0.2) is 0 Å². The molecule has 3 amide bonds. The van der Waals surface area contributed by atoms with Crippen LogP contribution in [0.15, 0.2) is 24.3 Å². The maximum atomic E-state index is 11.9. The van der Waals surface area contributed by atoms with Crippen LogP contribution < -0.4 is 15.8 Å². The van der Waals surface area contributed by atoms with Crippen LogP contribution in [0.1, 0.15) is 0 Å². The van der Waals surface area contributed by atoms with Crippen molar-refractivity contribution in [2.24, 2.45) is 5.73 Å². The van der Waals surface area contributed by atoms with Crippen molar-refractivity contribution in [3.8, 4) is 5.75 Å². The fraction of sp³-hybridized carbons (Fsp3) is 0.250. The van der Waals surface area contributed by atoms with E-state index in [0.29, 0.717) is 11.4 Å². The summed E-state index contributed by atoms with van der Waals surface area (Å²) in [5, 5.41) is 11.2. The van der Waals surface area contributed by atoms with Gasteiger partial charge >= 0.3 is 12.0 Å². The van der Waals surface area contributed by atoms with Crippen LogP contribution >= 0.6 is 0 Å². The summed E-state index contributed by atoms with van der Waals surface area (Å²) in [5.41, 5.74) is 5.34. The van der Waals surface area contributed by atoms with Gasteiger partial charge in [-0.15, -0.1) is 0 Å². The Morgan fingerprint density at radius 3 is 2.50 bits per heavy atom. The van der Waals surface area contributed by atoms with Gasteiger partial charge in [0.05, 0.1) is 12.8 Å². The summed E-state index contributed by atoms with van der Waals surface area (Å²) in [7, 11) is 1.43. The standard InChI is InChI=1S/C12H15N3O5/c1-20-9-5-3-2-4-8(9)14-12(19)15(6-10(13)16)7-11(17)18/h2-5H,6-7H2,1H3,(H2,13,16)(H,14,19)(H,17,18). The molecule has 0 atom stereocenters. The highest BCUT2D eigenvalue weighted by Crippen LogP contribution is 2.23. The number of nitrogens with one attached hydrogen (secondary N) is 1. The number of ether oxygens (including phenoxy) is 1. The number of carbonyl (C=O) groups is 3. The predicted octanol–water partition coefficient (Wildman–Crippen LogP) is 0.0990. The number of anilines is 1. The Morgan fingerprint density at radius 2 is 1.95 bits per heavy atom. The second kappa shape index (κ2) is 6.98. The van der Waals surface area contributed by atoms with Crippen LogP contribution in [0, 0.1) is 0 Å². The van der Waals surface area contributed by atoms with Crippen molar-refractivity contribution >= 4 is 23.6 Å². The molecule has 0 heterocycles. The maximum Gasteiger partial charge on any atom is 0.323 e. The zero-order valence-corrected chi connectivity index (χ0v) is 10.8. The van der Waals surface area contributed by atoms with E-state index in [2.05, 4.69) is 5.32 Å². The molecule has 8 nitrogen and oxygen atoms in total. The average molecular weight is 281 g/mol. The van der Waals surface area contributed by atoms with Crippen molar-refractivity contribution in [3.63, 3.8) is 0 Å². The van der Waals surface area contributed by atoms with Crippen molar-refractivity contribution in [1.82, 2.24) is 4.90 Å². The molecule has 0 unspecified atom stereocenters. The number of nitrogens with two attached hydrogens (primary N) is 1. The number of benzene rings is 1. The Hall–Kier alpha value is -2.77. The molecule has 8 heteroatoms. The molecule has 1 aromatic rings. The molecule has 0 spiro atoms. The summed E-state index contributed by atoms with van der Waals surface area (Å²) in [5.74, 6) is -1.64. The molecule has 0 saturated heterocycles. The van der Waals surface area contributed by atoms with Gasteiger partial charge in [-0.3, -0.25) is 9.59 Å². The van der Waals surface area contributed by atoms with Gasteiger partial charge in [0.1, 0.15) is 18.8 Å². The second-order valence-corrected chi connectivity index (χ2v) is 3.85. The Balaban J connectivity index is 2.84. The van der Waals surface area contributed by atoms with Crippen molar-refractivity contribution in [1.29, 1.82) is 0 Å². The fourth-order valence-corrected chi connectivity index (χ4v) is 1.49. The normalized spacial score (nSPS) is 9.65. The topological polar surface area (TPSA) is 122 Å². The summed E-state index contributed by atoms with van der Waals surface area (Å²) in [6.45, 7) is -1.13. The molecule has 0 fully saturated rings. The highest BCUT2D eigenvalue weighted by Gasteiger charge is 2.19. The first-order valence-corrected chi connectivity index (χ1v) is 5.63. The van der Waals surface area contributed by atoms with Gasteiger partial charge in [-0.1, -0.05) is 12.1 Å². The summed E-state index contributed by atoms with van der Waals surface area (Å²) >= 11 is 0. The zero-order valence-electron chi connectivity index (χ0n) is 10.8. The zero-order chi connectivity index (χ0) is 15.1. The molecule has 0 radical (unpaired) electrons. The van der Waals surface area contributed by atoms with E-state index in [1.54, 1.807) is 24.3 Å². The molecule has 0 bridgehead atoms. The maximum absolute atomic E-state index is 11.9.